The highest BCUT2D eigenvalue weighted by atomic mass is 32.1. The fraction of sp³-hybridized carbons (Fsp3) is 0.571. The maximum atomic E-state index is 11.2. The summed E-state index contributed by atoms with van der Waals surface area (Å²) in [6.45, 7) is 3.73. The molecule has 0 bridgehead atoms. The third-order valence-electron chi connectivity index (χ3n) is 1.93. The van der Waals surface area contributed by atoms with Crippen LogP contribution in [-0.2, 0) is 4.79 Å². The van der Waals surface area contributed by atoms with E-state index >= 15 is 0 Å². The molecule has 6 nitrogen and oxygen atoms in total. The number of hydrogen-bond acceptors (Lipinski definition) is 4. The maximum Gasteiger partial charge on any atom is 0.240 e. The number of nitrogens with zero attached hydrogens (tertiary/aromatic N) is 2. The van der Waals surface area contributed by atoms with Crippen LogP contribution in [0.25, 0.3) is 0 Å². The Bertz CT molecular complexity index is 393. The molecule has 0 aliphatic heterocycles. The molecule has 1 rings (SSSR count). The zero-order chi connectivity index (χ0) is 10.9. The highest BCUT2D eigenvalue weighted by Gasteiger charge is 2.24. The van der Waals surface area contributed by atoms with E-state index < -0.39 is 11.9 Å². The van der Waals surface area contributed by atoms with Gasteiger partial charge in [0.05, 0.1) is 0 Å². The Hall–Kier alpha value is -1.37. The Morgan fingerprint density at radius 2 is 2.21 bits per heavy atom. The Kier molecular flexibility index (Phi) is 2.90. The first kappa shape index (κ1) is 10.7. The first-order valence-electron chi connectivity index (χ1n) is 4.16. The molecule has 1 amide bonds. The Balaban J connectivity index is 3.24. The number of anilines is 1. The minimum absolute atomic E-state index is 0.0131. The number of hydrogen-bond donors (Lipinski definition) is 3. The summed E-state index contributed by atoms with van der Waals surface area (Å²) >= 11 is 4.94. The molecule has 0 fully saturated rings. The van der Waals surface area contributed by atoms with Gasteiger partial charge in [0.2, 0.25) is 11.9 Å². The number of nitrogens with two attached hydrogens (primary N) is 2. The molecule has 7 heteroatoms. The van der Waals surface area contributed by atoms with Gasteiger partial charge >= 0.3 is 0 Å². The average molecular weight is 215 g/mol. The van der Waals surface area contributed by atoms with Crippen LogP contribution in [0.1, 0.15) is 19.9 Å². The van der Waals surface area contributed by atoms with E-state index in [9.17, 15) is 4.79 Å². The highest BCUT2D eigenvalue weighted by molar-refractivity contribution is 7.71. The number of amides is 1. The number of aromatic amines is 1. The molecule has 0 aliphatic carbocycles. The second kappa shape index (κ2) is 3.79. The summed E-state index contributed by atoms with van der Waals surface area (Å²) in [6.07, 6.45) is 0. The van der Waals surface area contributed by atoms with E-state index in [1.165, 1.54) is 4.57 Å². The number of carbonyl (C=O) groups excluding carboxylic acids is 1. The van der Waals surface area contributed by atoms with Crippen LogP contribution in [0, 0.1) is 10.7 Å². The second-order valence-corrected chi connectivity index (χ2v) is 3.73. The van der Waals surface area contributed by atoms with Crippen molar-refractivity contribution in [3.8, 4) is 0 Å². The van der Waals surface area contributed by atoms with Crippen LogP contribution in [0.4, 0.5) is 5.95 Å². The summed E-state index contributed by atoms with van der Waals surface area (Å²) in [6, 6.07) is -0.554. The van der Waals surface area contributed by atoms with Gasteiger partial charge in [0.25, 0.3) is 0 Å². The van der Waals surface area contributed by atoms with E-state index in [0.29, 0.717) is 4.77 Å². The van der Waals surface area contributed by atoms with Gasteiger partial charge in [-0.3, -0.25) is 9.36 Å². The number of H-pyrrole nitrogens is 1. The zero-order valence-electron chi connectivity index (χ0n) is 8.02. The molecular weight excluding hydrogens is 202 g/mol. The highest BCUT2D eigenvalue weighted by Crippen LogP contribution is 2.19. The monoisotopic (exact) mass is 215 g/mol. The molecule has 78 valence electrons. The smallest absolute Gasteiger partial charge is 0.240 e. The lowest BCUT2D eigenvalue weighted by Gasteiger charge is -2.18. The molecule has 0 saturated carbocycles. The van der Waals surface area contributed by atoms with Gasteiger partial charge < -0.3 is 11.5 Å². The molecule has 0 aromatic carbocycles. The molecule has 0 aliphatic rings. The largest absolute Gasteiger partial charge is 0.368 e. The lowest BCUT2D eigenvalue weighted by atomic mass is 10.0. The normalized spacial score (nSPS) is 13.1. The van der Waals surface area contributed by atoms with Crippen LogP contribution >= 0.6 is 12.2 Å². The number of rotatable bonds is 3. The third kappa shape index (κ3) is 1.77. The number of nitrogens with one attached hydrogen (secondary N) is 1. The van der Waals surface area contributed by atoms with Gasteiger partial charge in [0.1, 0.15) is 6.04 Å². The predicted octanol–water partition coefficient (Wildman–Crippen LogP) is 0.205. The van der Waals surface area contributed by atoms with E-state index in [1.807, 2.05) is 13.8 Å². The van der Waals surface area contributed by atoms with Gasteiger partial charge in [-0.25, -0.2) is 5.10 Å². The molecule has 1 atom stereocenters. The molecule has 0 spiro atoms. The van der Waals surface area contributed by atoms with Gasteiger partial charge in [-0.2, -0.15) is 0 Å². The van der Waals surface area contributed by atoms with Crippen molar-refractivity contribution in [3.63, 3.8) is 0 Å². The molecule has 1 heterocycles. The van der Waals surface area contributed by atoms with E-state index in [2.05, 4.69) is 10.2 Å². The van der Waals surface area contributed by atoms with Crippen molar-refractivity contribution in [1.82, 2.24) is 14.8 Å². The van der Waals surface area contributed by atoms with E-state index in [1.54, 1.807) is 0 Å². The fourth-order valence-electron chi connectivity index (χ4n) is 1.34. The molecule has 1 aromatic rings. The van der Waals surface area contributed by atoms with Crippen LogP contribution in [0.15, 0.2) is 0 Å². The van der Waals surface area contributed by atoms with Crippen LogP contribution in [0.3, 0.4) is 0 Å². The van der Waals surface area contributed by atoms with Crippen LogP contribution < -0.4 is 11.5 Å². The second-order valence-electron chi connectivity index (χ2n) is 3.35. The average Bonchev–Trinajstić information content (AvgIpc) is 2.34. The summed E-state index contributed by atoms with van der Waals surface area (Å²) in [7, 11) is 0. The summed E-state index contributed by atoms with van der Waals surface area (Å²) in [4.78, 5) is 11.2. The topological polar surface area (TPSA) is 103 Å². The Morgan fingerprint density at radius 1 is 1.64 bits per heavy atom. The predicted molar refractivity (Wildman–Crippen MR) is 54.9 cm³/mol. The van der Waals surface area contributed by atoms with E-state index in [0.717, 1.165) is 0 Å². The summed E-state index contributed by atoms with van der Waals surface area (Å²) in [5.74, 6) is -0.282. The van der Waals surface area contributed by atoms with Crippen LogP contribution in [0.2, 0.25) is 0 Å². The van der Waals surface area contributed by atoms with Crippen molar-refractivity contribution in [2.45, 2.75) is 19.9 Å². The molecule has 0 radical (unpaired) electrons. The summed E-state index contributed by atoms with van der Waals surface area (Å²) in [5.41, 5.74) is 10.8. The van der Waals surface area contributed by atoms with Gasteiger partial charge in [-0.05, 0) is 18.1 Å². The number of aromatic nitrogens is 3. The van der Waals surface area contributed by atoms with E-state index in [-0.39, 0.29) is 11.9 Å². The fourth-order valence-corrected chi connectivity index (χ4v) is 1.59. The first-order valence-corrected chi connectivity index (χ1v) is 4.57. The van der Waals surface area contributed by atoms with Gasteiger partial charge in [0, 0.05) is 0 Å². The van der Waals surface area contributed by atoms with Crippen molar-refractivity contribution < 1.29 is 4.79 Å². The van der Waals surface area contributed by atoms with Gasteiger partial charge in [-0.1, -0.05) is 13.8 Å². The Labute approximate surface area is 86.3 Å². The molecule has 5 N–H and O–H groups in total. The van der Waals surface area contributed by atoms with Crippen LogP contribution in [-0.4, -0.2) is 20.7 Å². The van der Waals surface area contributed by atoms with Crippen molar-refractivity contribution in [1.29, 1.82) is 0 Å². The van der Waals surface area contributed by atoms with Crippen molar-refractivity contribution in [2.75, 3.05) is 5.73 Å². The zero-order valence-corrected chi connectivity index (χ0v) is 8.84. The summed E-state index contributed by atoms with van der Waals surface area (Å²) < 4.78 is 1.74. The standard InChI is InChI=1S/C7H13N5OS/c1-3(2)4(5(8)13)12-6(9)10-11-7(12)14/h3-4H,1-2H3,(H2,8,13)(H2,9,10)(H,11,14). The molecule has 1 aromatic heterocycles. The van der Waals surface area contributed by atoms with Gasteiger partial charge in [0.15, 0.2) is 4.77 Å². The molecule has 14 heavy (non-hydrogen) atoms. The van der Waals surface area contributed by atoms with Crippen molar-refractivity contribution in [3.05, 3.63) is 4.77 Å². The molecular formula is C7H13N5OS. The number of carbonyl (C=O) groups is 1. The minimum atomic E-state index is -0.554. The Morgan fingerprint density at radius 3 is 2.50 bits per heavy atom. The molecule has 1 unspecified atom stereocenters. The lowest BCUT2D eigenvalue weighted by Crippen LogP contribution is -2.31. The van der Waals surface area contributed by atoms with Crippen molar-refractivity contribution in [2.24, 2.45) is 11.7 Å². The summed E-state index contributed by atoms with van der Waals surface area (Å²) in [5, 5.41) is 6.23. The lowest BCUT2D eigenvalue weighted by molar-refractivity contribution is -0.122. The third-order valence-corrected chi connectivity index (χ3v) is 2.22. The maximum absolute atomic E-state index is 11.2. The first-order chi connectivity index (χ1) is 6.45. The quantitative estimate of drug-likeness (QED) is 0.627. The SMILES string of the molecule is CC(C)C(C(N)=O)n1c(N)n[nH]c1=S. The van der Waals surface area contributed by atoms with Crippen LogP contribution in [0.5, 0.6) is 0 Å². The van der Waals surface area contributed by atoms with Gasteiger partial charge in [-0.15, -0.1) is 5.10 Å². The van der Waals surface area contributed by atoms with E-state index in [4.69, 9.17) is 23.7 Å². The number of primary amides is 1. The molecule has 0 saturated heterocycles. The minimum Gasteiger partial charge on any atom is -0.368 e. The number of nitrogen functional groups attached to an aromatic ring is 1. The van der Waals surface area contributed by atoms with Crippen molar-refractivity contribution >= 4 is 24.1 Å².